The van der Waals surface area contributed by atoms with Crippen molar-refractivity contribution in [2.75, 3.05) is 11.9 Å². The van der Waals surface area contributed by atoms with E-state index in [0.29, 0.717) is 34.7 Å². The van der Waals surface area contributed by atoms with Gasteiger partial charge in [-0.2, -0.15) is 0 Å². The molecule has 0 fully saturated rings. The second-order valence-corrected chi connectivity index (χ2v) is 4.08. The van der Waals surface area contributed by atoms with Crippen molar-refractivity contribution in [3.8, 4) is 5.75 Å². The van der Waals surface area contributed by atoms with Gasteiger partial charge in [0.25, 0.3) is 0 Å². The molecule has 0 radical (unpaired) electrons. The van der Waals surface area contributed by atoms with E-state index in [0.717, 1.165) is 0 Å². The van der Waals surface area contributed by atoms with E-state index >= 15 is 0 Å². The van der Waals surface area contributed by atoms with Gasteiger partial charge < -0.3 is 4.74 Å². The van der Waals surface area contributed by atoms with Gasteiger partial charge >= 0.3 is 0 Å². The maximum atomic E-state index is 11.7. The van der Waals surface area contributed by atoms with Gasteiger partial charge in [-0.25, -0.2) is 0 Å². The fraction of sp³-hybridized carbons (Fsp3) is 0.364. The van der Waals surface area contributed by atoms with Crippen LogP contribution in [0.15, 0.2) is 18.2 Å². The molecule has 0 aliphatic carbocycles. The molecule has 0 bridgehead atoms. The van der Waals surface area contributed by atoms with Crippen LogP contribution in [0, 0.1) is 0 Å². The van der Waals surface area contributed by atoms with Gasteiger partial charge in [0.05, 0.1) is 11.6 Å². The second-order valence-electron chi connectivity index (χ2n) is 2.91. The molecule has 1 aromatic rings. The quantitative estimate of drug-likeness (QED) is 0.611. The summed E-state index contributed by atoms with van der Waals surface area (Å²) in [6.45, 7) is 2.42. The van der Waals surface area contributed by atoms with Gasteiger partial charge in [0, 0.05) is 17.3 Å². The van der Waals surface area contributed by atoms with Crippen LogP contribution in [-0.2, 0) is 0 Å². The number of ether oxygens (including phenoxy) is 1. The van der Waals surface area contributed by atoms with E-state index in [1.807, 2.05) is 6.92 Å². The molecule has 0 aliphatic heterocycles. The summed E-state index contributed by atoms with van der Waals surface area (Å²) in [5.74, 6) is 0.595. The van der Waals surface area contributed by atoms with E-state index in [-0.39, 0.29) is 5.78 Å². The number of carbonyl (C=O) groups is 1. The smallest absolute Gasteiger partial charge is 0.165 e. The van der Waals surface area contributed by atoms with Crippen LogP contribution in [0.5, 0.6) is 5.75 Å². The largest absolute Gasteiger partial charge is 0.492 e. The predicted molar refractivity (Wildman–Crippen MR) is 65.4 cm³/mol. The highest BCUT2D eigenvalue weighted by molar-refractivity contribution is 9.09. The summed E-state index contributed by atoms with van der Waals surface area (Å²) in [7, 11) is 0. The lowest BCUT2D eigenvalue weighted by atomic mass is 10.1. The highest BCUT2D eigenvalue weighted by Crippen LogP contribution is 2.28. The molecular formula is C11H12BrClO2. The molecule has 0 unspecified atom stereocenters. The lowest BCUT2D eigenvalue weighted by molar-refractivity contribution is 0.0989. The van der Waals surface area contributed by atoms with Gasteiger partial charge in [-0.15, -0.1) is 0 Å². The average Bonchev–Trinajstić information content (AvgIpc) is 2.22. The van der Waals surface area contributed by atoms with Crippen molar-refractivity contribution in [3.63, 3.8) is 0 Å². The lowest BCUT2D eigenvalue weighted by Gasteiger charge is -2.08. The first kappa shape index (κ1) is 12.5. The van der Waals surface area contributed by atoms with E-state index in [9.17, 15) is 4.79 Å². The number of carbonyl (C=O) groups excluding carboxylic acids is 1. The highest BCUT2D eigenvalue weighted by atomic mass is 79.9. The van der Waals surface area contributed by atoms with Crippen molar-refractivity contribution in [3.05, 3.63) is 28.8 Å². The zero-order valence-electron chi connectivity index (χ0n) is 8.43. The minimum atomic E-state index is 0.0263. The van der Waals surface area contributed by atoms with Crippen LogP contribution in [0.25, 0.3) is 0 Å². The number of rotatable bonds is 5. The molecular weight excluding hydrogens is 279 g/mol. The average molecular weight is 292 g/mol. The standard InChI is InChI=1S/C11H12BrClO2/c1-2-15-10-5-3-4-8(11(10)13)9(14)6-7-12/h3-5H,2,6-7H2,1H3. The normalized spacial score (nSPS) is 10.1. The molecule has 0 atom stereocenters. The molecule has 0 aliphatic rings. The number of alkyl halides is 1. The third-order valence-electron chi connectivity index (χ3n) is 1.89. The summed E-state index contributed by atoms with van der Waals surface area (Å²) in [6.07, 6.45) is 0.440. The van der Waals surface area contributed by atoms with Crippen molar-refractivity contribution in [2.45, 2.75) is 13.3 Å². The summed E-state index contributed by atoms with van der Waals surface area (Å²) in [5, 5.41) is 1.05. The Hall–Kier alpha value is -0.540. The van der Waals surface area contributed by atoms with Gasteiger partial charge in [0.1, 0.15) is 5.75 Å². The summed E-state index contributed by atoms with van der Waals surface area (Å²) < 4.78 is 5.31. The van der Waals surface area contributed by atoms with Gasteiger partial charge in [-0.05, 0) is 19.1 Å². The molecule has 1 rings (SSSR count). The van der Waals surface area contributed by atoms with Crippen molar-refractivity contribution in [2.24, 2.45) is 0 Å². The Morgan fingerprint density at radius 2 is 2.27 bits per heavy atom. The Bertz CT molecular complexity index is 352. The van der Waals surface area contributed by atoms with E-state index in [2.05, 4.69) is 15.9 Å². The van der Waals surface area contributed by atoms with Crippen LogP contribution in [0.3, 0.4) is 0 Å². The Balaban J connectivity index is 2.98. The minimum Gasteiger partial charge on any atom is -0.492 e. The van der Waals surface area contributed by atoms with Crippen molar-refractivity contribution >= 4 is 33.3 Å². The summed E-state index contributed by atoms with van der Waals surface area (Å²) in [4.78, 5) is 11.7. The molecule has 0 amide bonds. The van der Waals surface area contributed by atoms with Crippen LogP contribution in [0.1, 0.15) is 23.7 Å². The lowest BCUT2D eigenvalue weighted by Crippen LogP contribution is -2.02. The first-order valence-corrected chi connectivity index (χ1v) is 6.21. The van der Waals surface area contributed by atoms with E-state index in [1.54, 1.807) is 18.2 Å². The summed E-state index contributed by atoms with van der Waals surface area (Å²) in [5.41, 5.74) is 0.530. The van der Waals surface area contributed by atoms with Crippen molar-refractivity contribution in [1.29, 1.82) is 0 Å². The molecule has 0 spiro atoms. The van der Waals surface area contributed by atoms with Crippen molar-refractivity contribution < 1.29 is 9.53 Å². The SMILES string of the molecule is CCOc1cccc(C(=O)CCBr)c1Cl. The maximum absolute atomic E-state index is 11.7. The van der Waals surface area contributed by atoms with Gasteiger partial charge in [-0.3, -0.25) is 4.79 Å². The van der Waals surface area contributed by atoms with E-state index in [1.165, 1.54) is 0 Å². The highest BCUT2D eigenvalue weighted by Gasteiger charge is 2.13. The number of halogens is 2. The topological polar surface area (TPSA) is 26.3 Å². The first-order chi connectivity index (χ1) is 7.20. The number of benzene rings is 1. The molecule has 0 saturated heterocycles. The Kier molecular flexibility index (Phi) is 5.12. The third-order valence-corrected chi connectivity index (χ3v) is 2.67. The molecule has 1 aromatic carbocycles. The molecule has 82 valence electrons. The molecule has 0 saturated carbocycles. The third kappa shape index (κ3) is 3.21. The molecule has 4 heteroatoms. The fourth-order valence-corrected chi connectivity index (χ4v) is 1.86. The van der Waals surface area contributed by atoms with Crippen LogP contribution in [0.2, 0.25) is 5.02 Å². The molecule has 0 aromatic heterocycles. The second kappa shape index (κ2) is 6.13. The Morgan fingerprint density at radius 1 is 1.53 bits per heavy atom. The van der Waals surface area contributed by atoms with E-state index in [4.69, 9.17) is 16.3 Å². The number of ketones is 1. The zero-order chi connectivity index (χ0) is 11.3. The van der Waals surface area contributed by atoms with Crippen LogP contribution in [-0.4, -0.2) is 17.7 Å². The van der Waals surface area contributed by atoms with Gasteiger partial charge in [0.15, 0.2) is 5.78 Å². The fourth-order valence-electron chi connectivity index (χ4n) is 1.21. The predicted octanol–water partition coefficient (Wildman–Crippen LogP) is 3.71. The van der Waals surface area contributed by atoms with Crippen LogP contribution < -0.4 is 4.74 Å². The molecule has 0 N–H and O–H groups in total. The monoisotopic (exact) mass is 290 g/mol. The summed E-state index contributed by atoms with van der Waals surface area (Å²) >= 11 is 9.28. The number of hydrogen-bond acceptors (Lipinski definition) is 2. The molecule has 2 nitrogen and oxygen atoms in total. The van der Waals surface area contributed by atoms with Crippen molar-refractivity contribution in [1.82, 2.24) is 0 Å². The maximum Gasteiger partial charge on any atom is 0.165 e. The minimum absolute atomic E-state index is 0.0263. The number of Topliss-reactive ketones (excluding diaryl/α,β-unsaturated/α-hetero) is 1. The summed E-state index contributed by atoms with van der Waals surface area (Å²) in [6, 6.07) is 5.25. The van der Waals surface area contributed by atoms with Crippen LogP contribution >= 0.6 is 27.5 Å². The van der Waals surface area contributed by atoms with Gasteiger partial charge in [-0.1, -0.05) is 33.6 Å². The molecule has 15 heavy (non-hydrogen) atoms. The first-order valence-electron chi connectivity index (χ1n) is 4.71. The van der Waals surface area contributed by atoms with Crippen LogP contribution in [0.4, 0.5) is 0 Å². The Labute approximate surface area is 103 Å². The molecule has 0 heterocycles. The van der Waals surface area contributed by atoms with Gasteiger partial charge in [0.2, 0.25) is 0 Å². The zero-order valence-corrected chi connectivity index (χ0v) is 10.8. The Morgan fingerprint density at radius 3 is 2.87 bits per heavy atom. The van der Waals surface area contributed by atoms with E-state index < -0.39 is 0 Å². The number of hydrogen-bond donors (Lipinski definition) is 0.